The monoisotopic (exact) mass is 551 g/mol. The molecule has 0 aliphatic heterocycles. The van der Waals surface area contributed by atoms with Crippen LogP contribution in [-0.2, 0) is 10.0 Å². The Labute approximate surface area is 217 Å². The molecule has 202 valence electrons. The zero-order chi connectivity index (χ0) is 27.7. The fraction of sp³-hybridized carbons (Fsp3) is 0.296. The molecule has 0 bridgehead atoms. The number of hydrogen-bond acceptors (Lipinski definition) is 4. The number of nitrogens with one attached hydrogen (secondary N) is 1. The van der Waals surface area contributed by atoms with Crippen molar-refractivity contribution in [1.29, 1.82) is 0 Å². The molecule has 0 atom stereocenters. The summed E-state index contributed by atoms with van der Waals surface area (Å²) in [5.74, 6) is -3.81. The second-order valence-corrected chi connectivity index (χ2v) is 10.8. The minimum Gasteiger partial charge on any atom is -0.495 e. The van der Waals surface area contributed by atoms with Crippen LogP contribution in [0.1, 0.15) is 47.5 Å². The molecule has 0 heterocycles. The topological polar surface area (TPSA) is 92.7 Å². The van der Waals surface area contributed by atoms with Crippen molar-refractivity contribution in [2.75, 3.05) is 11.8 Å². The smallest absolute Gasteiger partial charge is 0.391 e. The number of alkyl halides is 3. The van der Waals surface area contributed by atoms with Crippen LogP contribution in [0.4, 0.5) is 23.2 Å². The van der Waals surface area contributed by atoms with Gasteiger partial charge in [-0.1, -0.05) is 42.5 Å². The van der Waals surface area contributed by atoms with E-state index in [4.69, 9.17) is 4.74 Å². The van der Waals surface area contributed by atoms with Crippen molar-refractivity contribution in [2.45, 2.75) is 42.7 Å². The Morgan fingerprint density at radius 2 is 1.61 bits per heavy atom. The number of anilines is 1. The third-order valence-electron chi connectivity index (χ3n) is 6.85. The van der Waals surface area contributed by atoms with Crippen LogP contribution in [0.15, 0.2) is 65.6 Å². The Morgan fingerprint density at radius 3 is 2.18 bits per heavy atom. The van der Waals surface area contributed by atoms with E-state index >= 15 is 4.39 Å². The van der Waals surface area contributed by atoms with Crippen molar-refractivity contribution < 1.29 is 40.6 Å². The minimum absolute atomic E-state index is 0.00121. The number of para-hydroxylation sites is 1. The molecule has 3 aromatic rings. The summed E-state index contributed by atoms with van der Waals surface area (Å²) in [5.41, 5.74) is 0.522. The lowest BCUT2D eigenvalue weighted by atomic mass is 9.78. The standard InChI is InChI=1S/C27H25F4NO5S/c1-37-22-6-2-5-21(26(33)34)25(22)32-38(35,36)23-7-3-4-20(24(23)28)18-10-8-16(9-11-18)17-12-14-19(15-13-17)27(29,30)31/h2-11,17,19,32H,12-15H2,1H3,(H,33,34). The van der Waals surface area contributed by atoms with Gasteiger partial charge in [0, 0.05) is 5.56 Å². The summed E-state index contributed by atoms with van der Waals surface area (Å²) in [6.45, 7) is 0. The van der Waals surface area contributed by atoms with Crippen molar-refractivity contribution in [2.24, 2.45) is 5.92 Å². The summed E-state index contributed by atoms with van der Waals surface area (Å²) < 4.78 is 87.9. The maximum atomic E-state index is 15.5. The molecule has 6 nitrogen and oxygen atoms in total. The molecule has 1 fully saturated rings. The first-order valence-corrected chi connectivity index (χ1v) is 13.3. The van der Waals surface area contributed by atoms with E-state index in [2.05, 4.69) is 4.72 Å². The number of aromatic carboxylic acids is 1. The third-order valence-corrected chi connectivity index (χ3v) is 8.22. The maximum absolute atomic E-state index is 15.5. The Hall–Kier alpha value is -3.60. The van der Waals surface area contributed by atoms with E-state index in [1.165, 1.54) is 37.4 Å². The number of sulfonamides is 1. The first-order chi connectivity index (χ1) is 17.9. The minimum atomic E-state index is -4.57. The molecule has 38 heavy (non-hydrogen) atoms. The van der Waals surface area contributed by atoms with Gasteiger partial charge in [0.25, 0.3) is 10.0 Å². The molecule has 1 aliphatic carbocycles. The summed E-state index contributed by atoms with van der Waals surface area (Å²) in [4.78, 5) is 10.9. The Bertz CT molecular complexity index is 1430. The highest BCUT2D eigenvalue weighted by Crippen LogP contribution is 2.43. The molecule has 0 aromatic heterocycles. The lowest BCUT2D eigenvalue weighted by Gasteiger charge is -2.30. The average Bonchev–Trinajstić information content (AvgIpc) is 2.88. The quantitative estimate of drug-likeness (QED) is 0.314. The van der Waals surface area contributed by atoms with Crippen LogP contribution in [0, 0.1) is 11.7 Å². The van der Waals surface area contributed by atoms with Gasteiger partial charge < -0.3 is 9.84 Å². The number of ether oxygens (including phenoxy) is 1. The van der Waals surface area contributed by atoms with Gasteiger partial charge in [-0.25, -0.2) is 17.6 Å². The van der Waals surface area contributed by atoms with Gasteiger partial charge in [-0.15, -0.1) is 0 Å². The number of benzene rings is 3. The van der Waals surface area contributed by atoms with E-state index in [1.54, 1.807) is 24.3 Å². The van der Waals surface area contributed by atoms with E-state index in [1.807, 2.05) is 0 Å². The molecule has 0 unspecified atom stereocenters. The summed E-state index contributed by atoms with van der Waals surface area (Å²) in [6.07, 6.45) is -3.26. The normalized spacial score (nSPS) is 18.1. The van der Waals surface area contributed by atoms with Crippen LogP contribution in [0.25, 0.3) is 11.1 Å². The van der Waals surface area contributed by atoms with Gasteiger partial charge >= 0.3 is 12.1 Å². The number of carbonyl (C=O) groups is 1. The molecule has 0 spiro atoms. The number of methoxy groups -OCH3 is 1. The van der Waals surface area contributed by atoms with Gasteiger partial charge in [-0.3, -0.25) is 4.72 Å². The van der Waals surface area contributed by atoms with Crippen LogP contribution in [0.3, 0.4) is 0 Å². The first-order valence-electron chi connectivity index (χ1n) is 11.8. The average molecular weight is 552 g/mol. The van der Waals surface area contributed by atoms with Gasteiger partial charge in [-0.2, -0.15) is 13.2 Å². The van der Waals surface area contributed by atoms with E-state index in [0.717, 1.165) is 11.6 Å². The second-order valence-electron chi connectivity index (χ2n) is 9.12. The van der Waals surface area contributed by atoms with Crippen LogP contribution in [0.2, 0.25) is 0 Å². The molecule has 4 rings (SSSR count). The molecule has 0 radical (unpaired) electrons. The Kier molecular flexibility index (Phi) is 7.68. The highest BCUT2D eigenvalue weighted by Gasteiger charge is 2.41. The summed E-state index contributed by atoms with van der Waals surface area (Å²) in [5, 5.41) is 9.45. The molecule has 11 heteroatoms. The predicted molar refractivity (Wildman–Crippen MR) is 133 cm³/mol. The highest BCUT2D eigenvalue weighted by molar-refractivity contribution is 7.92. The first kappa shape index (κ1) is 27.4. The Balaban J connectivity index is 1.59. The molecular weight excluding hydrogens is 526 g/mol. The maximum Gasteiger partial charge on any atom is 0.391 e. The van der Waals surface area contributed by atoms with Gasteiger partial charge in [0.2, 0.25) is 0 Å². The fourth-order valence-electron chi connectivity index (χ4n) is 4.80. The van der Waals surface area contributed by atoms with Crippen LogP contribution >= 0.6 is 0 Å². The molecular formula is C27H25F4NO5S. The van der Waals surface area contributed by atoms with Gasteiger partial charge in [0.15, 0.2) is 5.82 Å². The lowest BCUT2D eigenvalue weighted by molar-refractivity contribution is -0.182. The van der Waals surface area contributed by atoms with E-state index in [-0.39, 0.29) is 41.3 Å². The number of carboxylic acid groups (broad SMARTS) is 1. The Morgan fingerprint density at radius 1 is 0.974 bits per heavy atom. The molecule has 1 aliphatic rings. The van der Waals surface area contributed by atoms with Crippen LogP contribution in [-0.4, -0.2) is 32.8 Å². The van der Waals surface area contributed by atoms with Gasteiger partial charge in [0.05, 0.1) is 18.6 Å². The zero-order valence-corrected chi connectivity index (χ0v) is 21.1. The second kappa shape index (κ2) is 10.6. The van der Waals surface area contributed by atoms with Crippen molar-refractivity contribution >= 4 is 21.7 Å². The molecule has 3 aromatic carbocycles. The summed E-state index contributed by atoms with van der Waals surface area (Å²) in [6, 6.07) is 14.4. The third kappa shape index (κ3) is 5.62. The van der Waals surface area contributed by atoms with Crippen molar-refractivity contribution in [1.82, 2.24) is 0 Å². The lowest BCUT2D eigenvalue weighted by Crippen LogP contribution is -2.27. The molecule has 0 amide bonds. The number of halogens is 4. The van der Waals surface area contributed by atoms with Crippen molar-refractivity contribution in [3.05, 3.63) is 77.6 Å². The van der Waals surface area contributed by atoms with E-state index < -0.39 is 38.8 Å². The van der Waals surface area contributed by atoms with E-state index in [9.17, 15) is 31.5 Å². The molecule has 0 saturated heterocycles. The van der Waals surface area contributed by atoms with Crippen molar-refractivity contribution in [3.8, 4) is 16.9 Å². The molecule has 2 N–H and O–H groups in total. The van der Waals surface area contributed by atoms with Gasteiger partial charge in [0.1, 0.15) is 16.3 Å². The fourth-order valence-corrected chi connectivity index (χ4v) is 6.00. The SMILES string of the molecule is COc1cccc(C(=O)O)c1NS(=O)(=O)c1cccc(-c2ccc(C3CCC(C(F)(F)F)CC3)cc2)c1F. The van der Waals surface area contributed by atoms with Crippen molar-refractivity contribution in [3.63, 3.8) is 0 Å². The summed E-state index contributed by atoms with van der Waals surface area (Å²) >= 11 is 0. The largest absolute Gasteiger partial charge is 0.495 e. The summed E-state index contributed by atoms with van der Waals surface area (Å²) in [7, 11) is -3.32. The zero-order valence-electron chi connectivity index (χ0n) is 20.3. The number of carboxylic acids is 1. The van der Waals surface area contributed by atoms with Crippen LogP contribution < -0.4 is 9.46 Å². The van der Waals surface area contributed by atoms with Gasteiger partial charge in [-0.05, 0) is 60.9 Å². The molecule has 1 saturated carbocycles. The highest BCUT2D eigenvalue weighted by atomic mass is 32.2. The van der Waals surface area contributed by atoms with E-state index in [0.29, 0.717) is 18.4 Å². The van der Waals surface area contributed by atoms with Crippen LogP contribution in [0.5, 0.6) is 5.75 Å². The number of hydrogen-bond donors (Lipinski definition) is 2. The number of rotatable bonds is 7. The predicted octanol–water partition coefficient (Wildman–Crippen LogP) is 6.84.